The molecule has 2 saturated carbocycles. The summed E-state index contributed by atoms with van der Waals surface area (Å²) in [5.41, 5.74) is 0.876. The fraction of sp³-hybridized carbons (Fsp3) is 1.00. The van der Waals surface area contributed by atoms with E-state index in [4.69, 9.17) is 0 Å². The summed E-state index contributed by atoms with van der Waals surface area (Å²) in [6.45, 7) is 0. The van der Waals surface area contributed by atoms with Gasteiger partial charge in [-0.15, -0.1) is 0 Å². The van der Waals surface area contributed by atoms with Crippen LogP contribution < -0.4 is 0 Å². The van der Waals surface area contributed by atoms with Gasteiger partial charge in [0.25, 0.3) is 0 Å². The van der Waals surface area contributed by atoms with E-state index < -0.39 is 0 Å². The second-order valence-corrected chi connectivity index (χ2v) is 4.84. The maximum absolute atomic E-state index is 2.56. The Labute approximate surface area is 76.9 Å². The van der Waals surface area contributed by atoms with Crippen LogP contribution in [0.15, 0.2) is 0 Å². The van der Waals surface area contributed by atoms with Crippen molar-refractivity contribution in [3.8, 4) is 0 Å². The zero-order chi connectivity index (χ0) is 7.03. The first-order valence-corrected chi connectivity index (χ1v) is 5.96. The molecular formula is C9H15I. The first kappa shape index (κ1) is 7.38. The summed E-state index contributed by atoms with van der Waals surface area (Å²) in [4.78, 5) is 0. The van der Waals surface area contributed by atoms with Crippen LogP contribution in [0.5, 0.6) is 0 Å². The predicted molar refractivity (Wildman–Crippen MR) is 52.5 cm³/mol. The van der Waals surface area contributed by atoms with Crippen LogP contribution >= 0.6 is 22.6 Å². The van der Waals surface area contributed by atoms with Crippen LogP contribution in [0.1, 0.15) is 38.5 Å². The Bertz CT molecular complexity index is 123. The highest BCUT2D eigenvalue weighted by atomic mass is 127. The van der Waals surface area contributed by atoms with Gasteiger partial charge in [0.05, 0.1) is 0 Å². The maximum Gasteiger partial charge on any atom is 0.00290 e. The molecular weight excluding hydrogens is 235 g/mol. The van der Waals surface area contributed by atoms with Crippen LogP contribution in [0, 0.1) is 11.3 Å². The normalized spacial score (nSPS) is 36.3. The smallest absolute Gasteiger partial charge is 0.00290 e. The fourth-order valence-corrected chi connectivity index (χ4v) is 4.11. The van der Waals surface area contributed by atoms with Crippen molar-refractivity contribution in [1.29, 1.82) is 0 Å². The van der Waals surface area contributed by atoms with Gasteiger partial charge in [-0.3, -0.25) is 0 Å². The van der Waals surface area contributed by atoms with E-state index in [1.807, 2.05) is 0 Å². The van der Waals surface area contributed by atoms with E-state index in [1.165, 1.54) is 23.7 Å². The first-order chi connectivity index (χ1) is 4.87. The molecule has 0 nitrogen and oxygen atoms in total. The van der Waals surface area contributed by atoms with Crippen molar-refractivity contribution in [2.45, 2.75) is 38.5 Å². The molecule has 2 rings (SSSR count). The molecule has 2 aliphatic carbocycles. The highest BCUT2D eigenvalue weighted by Gasteiger charge is 2.46. The minimum atomic E-state index is 0.876. The van der Waals surface area contributed by atoms with Crippen molar-refractivity contribution in [3.05, 3.63) is 0 Å². The molecule has 2 aliphatic rings. The van der Waals surface area contributed by atoms with Crippen molar-refractivity contribution in [3.63, 3.8) is 0 Å². The molecule has 0 aromatic rings. The Morgan fingerprint density at radius 2 is 1.90 bits per heavy atom. The van der Waals surface area contributed by atoms with E-state index >= 15 is 0 Å². The second kappa shape index (κ2) is 2.65. The standard InChI is InChI=1S/C9H15I/c10-7-8-3-6-9(8)4-1-2-5-9/h8H,1-7H2. The molecule has 2 fully saturated rings. The summed E-state index contributed by atoms with van der Waals surface area (Å²) in [5, 5.41) is 0. The molecule has 0 radical (unpaired) electrons. The molecule has 1 heteroatoms. The van der Waals surface area contributed by atoms with Gasteiger partial charge in [0, 0.05) is 4.43 Å². The minimum Gasteiger partial charge on any atom is -0.0861 e. The third-order valence-electron chi connectivity index (χ3n) is 3.64. The topological polar surface area (TPSA) is 0 Å². The Morgan fingerprint density at radius 3 is 2.30 bits per heavy atom. The number of hydrogen-bond donors (Lipinski definition) is 0. The minimum absolute atomic E-state index is 0.876. The van der Waals surface area contributed by atoms with Gasteiger partial charge in [-0.2, -0.15) is 0 Å². The lowest BCUT2D eigenvalue weighted by Crippen LogP contribution is -2.38. The highest BCUT2D eigenvalue weighted by Crippen LogP contribution is 2.57. The number of alkyl halides is 1. The average molecular weight is 250 g/mol. The van der Waals surface area contributed by atoms with Gasteiger partial charge >= 0.3 is 0 Å². The Hall–Kier alpha value is 0.730. The molecule has 10 heavy (non-hydrogen) atoms. The summed E-state index contributed by atoms with van der Waals surface area (Å²) in [6.07, 6.45) is 9.24. The Morgan fingerprint density at radius 1 is 1.20 bits per heavy atom. The largest absolute Gasteiger partial charge is 0.0861 e. The zero-order valence-corrected chi connectivity index (χ0v) is 8.56. The molecule has 0 bridgehead atoms. The zero-order valence-electron chi connectivity index (χ0n) is 6.41. The number of halogens is 1. The van der Waals surface area contributed by atoms with E-state index in [0.717, 1.165) is 11.3 Å². The molecule has 0 amide bonds. The first-order valence-electron chi connectivity index (χ1n) is 4.43. The van der Waals surface area contributed by atoms with Crippen LogP contribution in [0.25, 0.3) is 0 Å². The molecule has 0 aromatic heterocycles. The van der Waals surface area contributed by atoms with E-state index in [2.05, 4.69) is 22.6 Å². The summed E-state index contributed by atoms with van der Waals surface area (Å²) in [7, 11) is 0. The second-order valence-electron chi connectivity index (χ2n) is 3.96. The van der Waals surface area contributed by atoms with E-state index in [9.17, 15) is 0 Å². The molecule has 1 unspecified atom stereocenters. The highest BCUT2D eigenvalue weighted by molar-refractivity contribution is 14.1. The Balaban J connectivity index is 2.01. The SMILES string of the molecule is ICC1CCC12CCCC2. The van der Waals surface area contributed by atoms with Crippen molar-refractivity contribution >= 4 is 22.6 Å². The summed E-state index contributed by atoms with van der Waals surface area (Å²) in [6, 6.07) is 0. The van der Waals surface area contributed by atoms with Crippen LogP contribution in [-0.4, -0.2) is 4.43 Å². The van der Waals surface area contributed by atoms with Gasteiger partial charge < -0.3 is 0 Å². The van der Waals surface area contributed by atoms with Crippen LogP contribution in [0.4, 0.5) is 0 Å². The lowest BCUT2D eigenvalue weighted by Gasteiger charge is -2.47. The molecule has 0 N–H and O–H groups in total. The monoisotopic (exact) mass is 250 g/mol. The predicted octanol–water partition coefficient (Wildman–Crippen LogP) is 3.39. The summed E-state index contributed by atoms with van der Waals surface area (Å²) in [5.74, 6) is 1.11. The summed E-state index contributed by atoms with van der Waals surface area (Å²) < 4.78 is 1.41. The third-order valence-corrected chi connectivity index (χ3v) is 4.71. The van der Waals surface area contributed by atoms with Crippen LogP contribution in [-0.2, 0) is 0 Å². The van der Waals surface area contributed by atoms with Crippen molar-refractivity contribution in [1.82, 2.24) is 0 Å². The average Bonchev–Trinajstić information content (AvgIpc) is 2.35. The lowest BCUT2D eigenvalue weighted by molar-refractivity contribution is 0.0581. The molecule has 1 spiro atoms. The quantitative estimate of drug-likeness (QED) is 0.494. The fourth-order valence-electron chi connectivity index (χ4n) is 2.73. The van der Waals surface area contributed by atoms with Crippen molar-refractivity contribution in [2.75, 3.05) is 4.43 Å². The van der Waals surface area contributed by atoms with Crippen molar-refractivity contribution in [2.24, 2.45) is 11.3 Å². The van der Waals surface area contributed by atoms with Gasteiger partial charge in [-0.25, -0.2) is 0 Å². The maximum atomic E-state index is 2.56. The number of rotatable bonds is 1. The number of hydrogen-bond acceptors (Lipinski definition) is 0. The van der Waals surface area contributed by atoms with Crippen LogP contribution in [0.2, 0.25) is 0 Å². The lowest BCUT2D eigenvalue weighted by atomic mass is 9.60. The van der Waals surface area contributed by atoms with Gasteiger partial charge in [0.1, 0.15) is 0 Å². The molecule has 0 saturated heterocycles. The third kappa shape index (κ3) is 0.926. The Kier molecular flexibility index (Phi) is 1.96. The molecule has 0 aliphatic heterocycles. The van der Waals surface area contributed by atoms with Crippen LogP contribution in [0.3, 0.4) is 0 Å². The summed E-state index contributed by atoms with van der Waals surface area (Å²) >= 11 is 2.56. The molecule has 0 aromatic carbocycles. The van der Waals surface area contributed by atoms with E-state index in [-0.39, 0.29) is 0 Å². The molecule has 0 heterocycles. The van der Waals surface area contributed by atoms with Gasteiger partial charge in [-0.1, -0.05) is 35.4 Å². The van der Waals surface area contributed by atoms with Gasteiger partial charge in [-0.05, 0) is 37.0 Å². The van der Waals surface area contributed by atoms with E-state index in [0.29, 0.717) is 0 Å². The van der Waals surface area contributed by atoms with Crippen molar-refractivity contribution < 1.29 is 0 Å². The van der Waals surface area contributed by atoms with Gasteiger partial charge in [0.2, 0.25) is 0 Å². The molecule has 58 valence electrons. The van der Waals surface area contributed by atoms with Gasteiger partial charge in [0.15, 0.2) is 0 Å². The molecule has 1 atom stereocenters. The van der Waals surface area contributed by atoms with E-state index in [1.54, 1.807) is 19.3 Å².